The van der Waals surface area contributed by atoms with Gasteiger partial charge in [0.25, 0.3) is 0 Å². The van der Waals surface area contributed by atoms with Crippen LogP contribution < -0.4 is 10.5 Å². The maximum absolute atomic E-state index is 12.0. The Kier molecular flexibility index (Phi) is 4.74. The van der Waals surface area contributed by atoms with Gasteiger partial charge in [-0.2, -0.15) is 0 Å². The van der Waals surface area contributed by atoms with Crippen LogP contribution in [0.3, 0.4) is 0 Å². The van der Waals surface area contributed by atoms with E-state index in [2.05, 4.69) is 4.72 Å². The van der Waals surface area contributed by atoms with Crippen molar-refractivity contribution >= 4 is 21.4 Å². The van der Waals surface area contributed by atoms with Crippen LogP contribution >= 0.6 is 11.3 Å². The Bertz CT molecular complexity index is 478. The van der Waals surface area contributed by atoms with E-state index in [4.69, 9.17) is 10.5 Å². The summed E-state index contributed by atoms with van der Waals surface area (Å²) in [6, 6.07) is 3.35. The minimum Gasteiger partial charge on any atom is -0.378 e. The third-order valence-electron chi connectivity index (χ3n) is 2.89. The zero-order chi connectivity index (χ0) is 13.0. The van der Waals surface area contributed by atoms with Gasteiger partial charge in [0.15, 0.2) is 0 Å². The molecule has 0 amide bonds. The Balaban J connectivity index is 1.86. The van der Waals surface area contributed by atoms with Crippen molar-refractivity contribution in [1.29, 1.82) is 0 Å². The third kappa shape index (κ3) is 3.52. The zero-order valence-electron chi connectivity index (χ0n) is 10.1. The van der Waals surface area contributed by atoms with Crippen LogP contribution in [-0.2, 0) is 21.3 Å². The SMILES string of the molecule is NCc1ccc(S(=O)(=O)NCCC2CCCO2)s1. The topological polar surface area (TPSA) is 81.4 Å². The average Bonchev–Trinajstić information content (AvgIpc) is 2.99. The van der Waals surface area contributed by atoms with Crippen molar-refractivity contribution < 1.29 is 13.2 Å². The number of rotatable bonds is 6. The van der Waals surface area contributed by atoms with Gasteiger partial charge in [-0.05, 0) is 31.4 Å². The van der Waals surface area contributed by atoms with Crippen LogP contribution in [0.25, 0.3) is 0 Å². The van der Waals surface area contributed by atoms with Crippen LogP contribution in [0.2, 0.25) is 0 Å². The smallest absolute Gasteiger partial charge is 0.250 e. The summed E-state index contributed by atoms with van der Waals surface area (Å²) >= 11 is 1.22. The first kappa shape index (κ1) is 14.0. The van der Waals surface area contributed by atoms with E-state index in [0.29, 0.717) is 17.3 Å². The van der Waals surface area contributed by atoms with Crippen LogP contribution in [0.4, 0.5) is 0 Å². The molecule has 0 aromatic carbocycles. The lowest BCUT2D eigenvalue weighted by Gasteiger charge is -2.09. The highest BCUT2D eigenvalue weighted by atomic mass is 32.2. The number of sulfonamides is 1. The second-order valence-corrected chi connectivity index (χ2v) is 7.41. The molecule has 1 atom stereocenters. The summed E-state index contributed by atoms with van der Waals surface area (Å²) in [5.41, 5.74) is 5.47. The molecule has 1 unspecified atom stereocenters. The van der Waals surface area contributed by atoms with Gasteiger partial charge in [-0.1, -0.05) is 0 Å². The Labute approximate surface area is 111 Å². The molecule has 0 saturated carbocycles. The van der Waals surface area contributed by atoms with Gasteiger partial charge < -0.3 is 10.5 Å². The van der Waals surface area contributed by atoms with Crippen molar-refractivity contribution in [1.82, 2.24) is 4.72 Å². The van der Waals surface area contributed by atoms with Crippen molar-refractivity contribution in [2.24, 2.45) is 5.73 Å². The van der Waals surface area contributed by atoms with E-state index in [0.717, 1.165) is 30.7 Å². The number of hydrogen-bond donors (Lipinski definition) is 2. The highest BCUT2D eigenvalue weighted by molar-refractivity contribution is 7.91. The van der Waals surface area contributed by atoms with Crippen LogP contribution in [0, 0.1) is 0 Å². The Morgan fingerprint density at radius 1 is 1.50 bits per heavy atom. The molecular weight excluding hydrogens is 272 g/mol. The standard InChI is InChI=1S/C11H18N2O3S2/c12-8-10-3-4-11(17-10)18(14,15)13-6-5-9-2-1-7-16-9/h3-4,9,13H,1-2,5-8,12H2. The summed E-state index contributed by atoms with van der Waals surface area (Å²) in [6.45, 7) is 1.58. The predicted octanol–water partition coefficient (Wildman–Crippen LogP) is 1.05. The van der Waals surface area contributed by atoms with Crippen molar-refractivity contribution in [2.45, 2.75) is 36.1 Å². The molecule has 2 rings (SSSR count). The summed E-state index contributed by atoms with van der Waals surface area (Å²) < 4.78 is 32.3. The fourth-order valence-electron chi connectivity index (χ4n) is 1.91. The van der Waals surface area contributed by atoms with Crippen LogP contribution in [0.5, 0.6) is 0 Å². The monoisotopic (exact) mass is 290 g/mol. The lowest BCUT2D eigenvalue weighted by molar-refractivity contribution is 0.105. The molecule has 0 spiro atoms. The molecular formula is C11H18N2O3S2. The maximum atomic E-state index is 12.0. The van der Waals surface area contributed by atoms with Crippen molar-refractivity contribution in [3.63, 3.8) is 0 Å². The van der Waals surface area contributed by atoms with Crippen molar-refractivity contribution in [3.8, 4) is 0 Å². The Hall–Kier alpha value is -0.470. The van der Waals surface area contributed by atoms with E-state index in [1.165, 1.54) is 11.3 Å². The summed E-state index contributed by atoms with van der Waals surface area (Å²) in [5, 5.41) is 0. The Morgan fingerprint density at radius 3 is 2.94 bits per heavy atom. The van der Waals surface area contributed by atoms with Gasteiger partial charge in [-0.15, -0.1) is 11.3 Å². The highest BCUT2D eigenvalue weighted by Crippen LogP contribution is 2.21. The van der Waals surface area contributed by atoms with E-state index >= 15 is 0 Å². The largest absolute Gasteiger partial charge is 0.378 e. The molecule has 18 heavy (non-hydrogen) atoms. The van der Waals surface area contributed by atoms with Gasteiger partial charge >= 0.3 is 0 Å². The molecule has 7 heteroatoms. The minimum absolute atomic E-state index is 0.204. The molecule has 102 valence electrons. The maximum Gasteiger partial charge on any atom is 0.250 e. The normalized spacial score (nSPS) is 20.4. The van der Waals surface area contributed by atoms with Crippen molar-refractivity contribution in [2.75, 3.05) is 13.2 Å². The van der Waals surface area contributed by atoms with Gasteiger partial charge in [-0.25, -0.2) is 13.1 Å². The molecule has 1 aliphatic rings. The highest BCUT2D eigenvalue weighted by Gasteiger charge is 2.19. The molecule has 1 aromatic rings. The fourth-order valence-corrected chi connectivity index (χ4v) is 4.24. The second-order valence-electron chi connectivity index (χ2n) is 4.25. The fraction of sp³-hybridized carbons (Fsp3) is 0.636. The van der Waals surface area contributed by atoms with Crippen molar-refractivity contribution in [3.05, 3.63) is 17.0 Å². The van der Waals surface area contributed by atoms with E-state index < -0.39 is 10.0 Å². The first-order valence-electron chi connectivity index (χ1n) is 6.02. The zero-order valence-corrected chi connectivity index (χ0v) is 11.7. The summed E-state index contributed by atoms with van der Waals surface area (Å²) in [7, 11) is -3.38. The number of thiophene rings is 1. The number of ether oxygens (including phenoxy) is 1. The molecule has 5 nitrogen and oxygen atoms in total. The van der Waals surface area contributed by atoms with E-state index in [-0.39, 0.29) is 6.10 Å². The van der Waals surface area contributed by atoms with Gasteiger partial charge in [-0.3, -0.25) is 0 Å². The minimum atomic E-state index is -3.38. The number of hydrogen-bond acceptors (Lipinski definition) is 5. The van der Waals surface area contributed by atoms with Crippen LogP contribution in [-0.4, -0.2) is 27.7 Å². The van der Waals surface area contributed by atoms with E-state index in [1.54, 1.807) is 12.1 Å². The number of nitrogens with one attached hydrogen (secondary N) is 1. The van der Waals surface area contributed by atoms with E-state index in [9.17, 15) is 8.42 Å². The van der Waals surface area contributed by atoms with Gasteiger partial charge in [0.2, 0.25) is 10.0 Å². The Morgan fingerprint density at radius 2 is 2.33 bits per heavy atom. The average molecular weight is 290 g/mol. The predicted molar refractivity (Wildman–Crippen MR) is 71.0 cm³/mol. The molecule has 0 bridgehead atoms. The molecule has 0 radical (unpaired) electrons. The van der Waals surface area contributed by atoms with Gasteiger partial charge in [0.05, 0.1) is 6.10 Å². The first-order chi connectivity index (χ1) is 8.62. The molecule has 2 heterocycles. The van der Waals surface area contributed by atoms with Gasteiger partial charge in [0.1, 0.15) is 4.21 Å². The van der Waals surface area contributed by atoms with Crippen LogP contribution in [0.1, 0.15) is 24.1 Å². The second kappa shape index (κ2) is 6.12. The summed E-state index contributed by atoms with van der Waals surface area (Å²) in [6.07, 6.45) is 3.03. The first-order valence-corrected chi connectivity index (χ1v) is 8.32. The third-order valence-corrected chi connectivity index (χ3v) is 5.95. The molecule has 0 aliphatic carbocycles. The van der Waals surface area contributed by atoms with E-state index in [1.807, 2.05) is 0 Å². The molecule has 1 saturated heterocycles. The van der Waals surface area contributed by atoms with Crippen LogP contribution in [0.15, 0.2) is 16.3 Å². The molecule has 1 aliphatic heterocycles. The molecule has 1 aromatic heterocycles. The molecule has 3 N–H and O–H groups in total. The van der Waals surface area contributed by atoms with Gasteiger partial charge in [0, 0.05) is 24.6 Å². The lowest BCUT2D eigenvalue weighted by atomic mass is 10.2. The summed E-state index contributed by atoms with van der Waals surface area (Å²) in [5.74, 6) is 0. The quantitative estimate of drug-likeness (QED) is 0.820. The summed E-state index contributed by atoms with van der Waals surface area (Å²) in [4.78, 5) is 0.870. The lowest BCUT2D eigenvalue weighted by Crippen LogP contribution is -2.26. The number of nitrogens with two attached hydrogens (primary N) is 1. The molecule has 1 fully saturated rings.